The Morgan fingerprint density at radius 3 is 2.14 bits per heavy atom. The molecule has 0 saturated heterocycles. The summed E-state index contributed by atoms with van der Waals surface area (Å²) >= 11 is 0. The van der Waals surface area contributed by atoms with E-state index in [1.807, 2.05) is 13.8 Å². The fourth-order valence-corrected chi connectivity index (χ4v) is 4.20. The molecule has 0 atom stereocenters. The number of amides is 2. The number of nitrogens with one attached hydrogen (secondary N) is 2. The number of halogens is 1. The van der Waals surface area contributed by atoms with Gasteiger partial charge in [-0.1, -0.05) is 38.1 Å². The van der Waals surface area contributed by atoms with Gasteiger partial charge in [0, 0.05) is 12.1 Å². The van der Waals surface area contributed by atoms with Crippen molar-refractivity contribution in [3.63, 3.8) is 0 Å². The van der Waals surface area contributed by atoms with Crippen molar-refractivity contribution in [2.45, 2.75) is 20.4 Å². The molecule has 0 heterocycles. The number of sulfonamides is 1. The predicted octanol–water partition coefficient (Wildman–Crippen LogP) is 4.43. The van der Waals surface area contributed by atoms with Crippen molar-refractivity contribution in [2.75, 3.05) is 22.4 Å². The minimum Gasteiger partial charge on any atom is -0.352 e. The van der Waals surface area contributed by atoms with Crippen molar-refractivity contribution in [3.05, 3.63) is 95.3 Å². The number of para-hydroxylation sites is 1. The zero-order valence-corrected chi connectivity index (χ0v) is 20.6. The molecule has 0 aromatic heterocycles. The van der Waals surface area contributed by atoms with Crippen LogP contribution < -0.4 is 14.9 Å². The number of nitrogens with zero attached hydrogens (tertiary/aromatic N) is 1. The molecule has 2 N–H and O–H groups in total. The van der Waals surface area contributed by atoms with Crippen LogP contribution in [-0.4, -0.2) is 33.0 Å². The molecule has 0 aliphatic carbocycles. The van der Waals surface area contributed by atoms with Gasteiger partial charge in [-0.3, -0.25) is 13.9 Å². The van der Waals surface area contributed by atoms with E-state index in [2.05, 4.69) is 10.6 Å². The molecule has 3 rings (SSSR count). The van der Waals surface area contributed by atoms with Gasteiger partial charge in [-0.05, 0) is 60.0 Å². The average molecular weight is 498 g/mol. The molecule has 3 aromatic rings. The number of hydrogen-bond donors (Lipinski definition) is 2. The van der Waals surface area contributed by atoms with Crippen LogP contribution in [0.25, 0.3) is 0 Å². The summed E-state index contributed by atoms with van der Waals surface area (Å²) in [4.78, 5) is 25.4. The zero-order chi connectivity index (χ0) is 25.6. The van der Waals surface area contributed by atoms with E-state index in [1.54, 1.807) is 24.3 Å². The molecule has 0 saturated carbocycles. The highest BCUT2D eigenvalue weighted by Gasteiger charge is 2.19. The predicted molar refractivity (Wildman–Crippen MR) is 135 cm³/mol. The molecular weight excluding hydrogens is 469 g/mol. The quantitative estimate of drug-likeness (QED) is 0.457. The monoisotopic (exact) mass is 497 g/mol. The van der Waals surface area contributed by atoms with Gasteiger partial charge in [-0.2, -0.15) is 0 Å². The zero-order valence-electron chi connectivity index (χ0n) is 19.8. The van der Waals surface area contributed by atoms with Crippen molar-refractivity contribution in [2.24, 2.45) is 5.92 Å². The Hall–Kier alpha value is -3.72. The van der Waals surface area contributed by atoms with Gasteiger partial charge >= 0.3 is 0 Å². The SMILES string of the molecule is CC(C)CNC(=O)c1ccccc1NC(=O)c1ccc(N(Cc2ccc(F)cc2)S(C)(=O)=O)cc1. The first-order valence-corrected chi connectivity index (χ1v) is 12.9. The normalized spacial score (nSPS) is 11.2. The molecule has 184 valence electrons. The second-order valence-electron chi connectivity index (χ2n) is 8.55. The lowest BCUT2D eigenvalue weighted by molar-refractivity contribution is 0.0950. The minimum absolute atomic E-state index is 0.0174. The van der Waals surface area contributed by atoms with Gasteiger partial charge in [0.05, 0.1) is 29.7 Å². The minimum atomic E-state index is -3.64. The fraction of sp³-hybridized carbons (Fsp3) is 0.231. The lowest BCUT2D eigenvalue weighted by Crippen LogP contribution is -2.29. The molecule has 0 spiro atoms. The Morgan fingerprint density at radius 2 is 1.54 bits per heavy atom. The Labute approximate surface area is 205 Å². The smallest absolute Gasteiger partial charge is 0.255 e. The Balaban J connectivity index is 1.77. The van der Waals surface area contributed by atoms with Crippen molar-refractivity contribution in [3.8, 4) is 0 Å². The van der Waals surface area contributed by atoms with Gasteiger partial charge in [0.25, 0.3) is 11.8 Å². The number of rotatable bonds is 9. The highest BCUT2D eigenvalue weighted by molar-refractivity contribution is 7.92. The molecule has 0 radical (unpaired) electrons. The summed E-state index contributed by atoms with van der Waals surface area (Å²) < 4.78 is 39.2. The highest BCUT2D eigenvalue weighted by atomic mass is 32.2. The van der Waals surface area contributed by atoms with Crippen molar-refractivity contribution >= 4 is 33.2 Å². The van der Waals surface area contributed by atoms with E-state index >= 15 is 0 Å². The summed E-state index contributed by atoms with van der Waals surface area (Å²) in [6.07, 6.45) is 1.08. The average Bonchev–Trinajstić information content (AvgIpc) is 2.82. The summed E-state index contributed by atoms with van der Waals surface area (Å²) in [6, 6.07) is 18.4. The van der Waals surface area contributed by atoms with E-state index in [-0.39, 0.29) is 18.4 Å². The van der Waals surface area contributed by atoms with E-state index in [1.165, 1.54) is 52.8 Å². The van der Waals surface area contributed by atoms with E-state index in [9.17, 15) is 22.4 Å². The van der Waals surface area contributed by atoms with Crippen LogP contribution in [0, 0.1) is 11.7 Å². The van der Waals surface area contributed by atoms with Gasteiger partial charge in [-0.15, -0.1) is 0 Å². The molecule has 0 bridgehead atoms. The van der Waals surface area contributed by atoms with Crippen LogP contribution in [0.15, 0.2) is 72.8 Å². The summed E-state index contributed by atoms with van der Waals surface area (Å²) in [7, 11) is -3.64. The first-order valence-electron chi connectivity index (χ1n) is 11.1. The first-order chi connectivity index (χ1) is 16.5. The Kier molecular flexibility index (Phi) is 8.24. The van der Waals surface area contributed by atoms with Gasteiger partial charge in [0.2, 0.25) is 10.0 Å². The van der Waals surface area contributed by atoms with Gasteiger partial charge in [0.1, 0.15) is 5.82 Å². The van der Waals surface area contributed by atoms with Crippen LogP contribution >= 0.6 is 0 Å². The van der Waals surface area contributed by atoms with Crippen LogP contribution in [0.5, 0.6) is 0 Å². The highest BCUT2D eigenvalue weighted by Crippen LogP contribution is 2.23. The van der Waals surface area contributed by atoms with Gasteiger partial charge in [-0.25, -0.2) is 12.8 Å². The molecule has 0 aliphatic heterocycles. The van der Waals surface area contributed by atoms with Crippen molar-refractivity contribution < 1.29 is 22.4 Å². The summed E-state index contributed by atoms with van der Waals surface area (Å²) in [5, 5.41) is 5.59. The number of hydrogen-bond acceptors (Lipinski definition) is 4. The molecule has 2 amide bonds. The third-order valence-corrected chi connectivity index (χ3v) is 6.29. The van der Waals surface area contributed by atoms with Gasteiger partial charge in [0.15, 0.2) is 0 Å². The van der Waals surface area contributed by atoms with Crippen LogP contribution in [0.3, 0.4) is 0 Å². The summed E-state index contributed by atoms with van der Waals surface area (Å²) in [5.41, 5.74) is 1.99. The maximum absolute atomic E-state index is 13.2. The molecule has 7 nitrogen and oxygen atoms in total. The maximum Gasteiger partial charge on any atom is 0.255 e. The topological polar surface area (TPSA) is 95.6 Å². The molecule has 0 fully saturated rings. The summed E-state index contributed by atoms with van der Waals surface area (Å²) in [6.45, 7) is 4.51. The van der Waals surface area contributed by atoms with Crippen molar-refractivity contribution in [1.82, 2.24) is 5.32 Å². The second-order valence-corrected chi connectivity index (χ2v) is 10.5. The molecular formula is C26H28FN3O4S. The number of carbonyl (C=O) groups is 2. The van der Waals surface area contributed by atoms with E-state index < -0.39 is 21.7 Å². The maximum atomic E-state index is 13.2. The third-order valence-electron chi connectivity index (χ3n) is 5.15. The number of carbonyl (C=O) groups excluding carboxylic acids is 2. The molecule has 0 aliphatic rings. The Morgan fingerprint density at radius 1 is 0.914 bits per heavy atom. The molecule has 0 unspecified atom stereocenters. The van der Waals surface area contributed by atoms with Crippen LogP contribution in [-0.2, 0) is 16.6 Å². The van der Waals surface area contributed by atoms with E-state index in [0.717, 1.165) is 6.26 Å². The van der Waals surface area contributed by atoms with Crippen LogP contribution in [0.4, 0.5) is 15.8 Å². The lowest BCUT2D eigenvalue weighted by Gasteiger charge is -2.23. The molecule has 35 heavy (non-hydrogen) atoms. The first kappa shape index (κ1) is 25.9. The largest absolute Gasteiger partial charge is 0.352 e. The number of benzene rings is 3. The van der Waals surface area contributed by atoms with E-state index in [0.29, 0.717) is 34.6 Å². The Bertz CT molecular complexity index is 1290. The van der Waals surface area contributed by atoms with Gasteiger partial charge < -0.3 is 10.6 Å². The van der Waals surface area contributed by atoms with Crippen molar-refractivity contribution in [1.29, 1.82) is 0 Å². The summed E-state index contributed by atoms with van der Waals surface area (Å²) in [5.74, 6) is -0.845. The fourth-order valence-electron chi connectivity index (χ4n) is 3.31. The number of anilines is 2. The third kappa shape index (κ3) is 7.13. The lowest BCUT2D eigenvalue weighted by atomic mass is 10.1. The second kappa shape index (κ2) is 11.1. The van der Waals surface area contributed by atoms with Crippen LogP contribution in [0.2, 0.25) is 0 Å². The standard InChI is InChI=1S/C26H28FN3O4S/c1-18(2)16-28-26(32)23-6-4-5-7-24(23)29-25(31)20-10-14-22(15-11-20)30(35(3,33)34)17-19-8-12-21(27)13-9-19/h4-15,18H,16-17H2,1-3H3,(H,28,32)(H,29,31). The molecule has 3 aromatic carbocycles. The van der Waals surface area contributed by atoms with E-state index in [4.69, 9.17) is 0 Å². The van der Waals surface area contributed by atoms with Crippen LogP contribution in [0.1, 0.15) is 40.1 Å². The molecule has 9 heteroatoms.